The zero-order valence-corrected chi connectivity index (χ0v) is 10.9. The molecule has 96 valence electrons. The van der Waals surface area contributed by atoms with E-state index in [1.54, 1.807) is 0 Å². The van der Waals surface area contributed by atoms with Crippen molar-refractivity contribution in [3.8, 4) is 0 Å². The standard InChI is InChI=1S/C14H29NO/c1-2-3-4-5-6-7-8-9-13-10-11-14(12-16)15-13/h13-16H,2-12H2,1H3/t13-,14-/m0/s1. The van der Waals surface area contributed by atoms with Gasteiger partial charge in [-0.05, 0) is 19.3 Å². The fraction of sp³-hybridized carbons (Fsp3) is 1.00. The molecule has 1 rings (SSSR count). The Hall–Kier alpha value is -0.0800. The summed E-state index contributed by atoms with van der Waals surface area (Å²) >= 11 is 0. The summed E-state index contributed by atoms with van der Waals surface area (Å²) < 4.78 is 0. The monoisotopic (exact) mass is 227 g/mol. The molecule has 1 saturated heterocycles. The summed E-state index contributed by atoms with van der Waals surface area (Å²) in [6, 6.07) is 1.07. The summed E-state index contributed by atoms with van der Waals surface area (Å²) in [6.45, 7) is 2.58. The molecule has 0 aliphatic carbocycles. The quantitative estimate of drug-likeness (QED) is 0.593. The first kappa shape index (κ1) is 14.0. The van der Waals surface area contributed by atoms with Gasteiger partial charge in [-0.15, -0.1) is 0 Å². The lowest BCUT2D eigenvalue weighted by Gasteiger charge is -2.12. The average molecular weight is 227 g/mol. The Morgan fingerprint density at radius 2 is 1.56 bits per heavy atom. The summed E-state index contributed by atoms with van der Waals surface area (Å²) in [5.74, 6) is 0. The molecule has 2 atom stereocenters. The van der Waals surface area contributed by atoms with E-state index < -0.39 is 0 Å². The molecule has 1 aliphatic rings. The lowest BCUT2D eigenvalue weighted by Crippen LogP contribution is -2.31. The first-order valence-corrected chi connectivity index (χ1v) is 7.23. The van der Waals surface area contributed by atoms with E-state index >= 15 is 0 Å². The smallest absolute Gasteiger partial charge is 0.0584 e. The van der Waals surface area contributed by atoms with Crippen LogP contribution in [-0.2, 0) is 0 Å². The topological polar surface area (TPSA) is 32.3 Å². The van der Waals surface area contributed by atoms with Gasteiger partial charge in [-0.3, -0.25) is 0 Å². The van der Waals surface area contributed by atoms with E-state index in [0.717, 1.165) is 6.42 Å². The van der Waals surface area contributed by atoms with Gasteiger partial charge in [-0.1, -0.05) is 51.9 Å². The van der Waals surface area contributed by atoms with Gasteiger partial charge in [-0.25, -0.2) is 0 Å². The Bertz CT molecular complexity index is 161. The highest BCUT2D eigenvalue weighted by molar-refractivity contribution is 4.82. The van der Waals surface area contributed by atoms with E-state index in [1.807, 2.05) is 0 Å². The molecular weight excluding hydrogens is 198 g/mol. The predicted octanol–water partition coefficient (Wildman–Crippen LogP) is 3.24. The highest BCUT2D eigenvalue weighted by atomic mass is 16.3. The molecule has 0 radical (unpaired) electrons. The van der Waals surface area contributed by atoms with Gasteiger partial charge in [0.2, 0.25) is 0 Å². The van der Waals surface area contributed by atoms with Crippen LogP contribution in [-0.4, -0.2) is 23.8 Å². The van der Waals surface area contributed by atoms with Gasteiger partial charge in [0.1, 0.15) is 0 Å². The van der Waals surface area contributed by atoms with Crippen molar-refractivity contribution in [3.05, 3.63) is 0 Å². The van der Waals surface area contributed by atoms with Crippen LogP contribution in [0.3, 0.4) is 0 Å². The van der Waals surface area contributed by atoms with Crippen molar-refractivity contribution in [1.29, 1.82) is 0 Å². The number of hydrogen-bond acceptors (Lipinski definition) is 2. The predicted molar refractivity (Wildman–Crippen MR) is 69.6 cm³/mol. The summed E-state index contributed by atoms with van der Waals surface area (Å²) in [6.07, 6.45) is 13.5. The molecule has 0 saturated carbocycles. The van der Waals surface area contributed by atoms with Gasteiger partial charge in [0, 0.05) is 12.1 Å². The number of rotatable bonds is 9. The van der Waals surface area contributed by atoms with Crippen LogP contribution in [0.25, 0.3) is 0 Å². The van der Waals surface area contributed by atoms with Crippen molar-refractivity contribution >= 4 is 0 Å². The molecule has 0 spiro atoms. The molecule has 0 bridgehead atoms. The molecule has 1 fully saturated rings. The van der Waals surface area contributed by atoms with Gasteiger partial charge in [0.05, 0.1) is 6.61 Å². The van der Waals surface area contributed by atoms with Crippen LogP contribution in [0.2, 0.25) is 0 Å². The van der Waals surface area contributed by atoms with Crippen molar-refractivity contribution < 1.29 is 5.11 Å². The van der Waals surface area contributed by atoms with Crippen LogP contribution in [0.4, 0.5) is 0 Å². The third-order valence-corrected chi connectivity index (χ3v) is 3.71. The molecule has 1 aliphatic heterocycles. The zero-order valence-electron chi connectivity index (χ0n) is 10.9. The van der Waals surface area contributed by atoms with Crippen molar-refractivity contribution in [1.82, 2.24) is 5.32 Å². The maximum absolute atomic E-state index is 9.01. The van der Waals surface area contributed by atoms with Crippen molar-refractivity contribution in [2.45, 2.75) is 83.2 Å². The normalized spacial score (nSPS) is 25.1. The van der Waals surface area contributed by atoms with Crippen molar-refractivity contribution in [2.24, 2.45) is 0 Å². The van der Waals surface area contributed by atoms with Gasteiger partial charge >= 0.3 is 0 Å². The summed E-state index contributed by atoms with van der Waals surface area (Å²) in [4.78, 5) is 0. The third-order valence-electron chi connectivity index (χ3n) is 3.71. The number of aliphatic hydroxyl groups excluding tert-OH is 1. The second kappa shape index (κ2) is 9.00. The number of unbranched alkanes of at least 4 members (excludes halogenated alkanes) is 6. The Balaban J connectivity index is 1.84. The van der Waals surface area contributed by atoms with E-state index in [0.29, 0.717) is 18.7 Å². The molecule has 0 amide bonds. The molecular formula is C14H29NO. The van der Waals surface area contributed by atoms with Crippen molar-refractivity contribution in [3.63, 3.8) is 0 Å². The third kappa shape index (κ3) is 5.86. The molecule has 1 heterocycles. The minimum absolute atomic E-state index is 0.313. The highest BCUT2D eigenvalue weighted by Crippen LogP contribution is 2.18. The summed E-state index contributed by atoms with van der Waals surface area (Å²) in [5, 5.41) is 12.5. The van der Waals surface area contributed by atoms with Crippen LogP contribution in [0.5, 0.6) is 0 Å². The highest BCUT2D eigenvalue weighted by Gasteiger charge is 2.21. The van der Waals surface area contributed by atoms with Crippen LogP contribution >= 0.6 is 0 Å². The largest absolute Gasteiger partial charge is 0.395 e. The fourth-order valence-electron chi connectivity index (χ4n) is 2.62. The van der Waals surface area contributed by atoms with Crippen LogP contribution in [0, 0.1) is 0 Å². The van der Waals surface area contributed by atoms with Crippen molar-refractivity contribution in [2.75, 3.05) is 6.61 Å². The number of aliphatic hydroxyl groups is 1. The Morgan fingerprint density at radius 1 is 0.938 bits per heavy atom. The second-order valence-corrected chi connectivity index (χ2v) is 5.23. The molecule has 2 nitrogen and oxygen atoms in total. The molecule has 0 aromatic heterocycles. The Labute approximate surface area is 101 Å². The first-order valence-electron chi connectivity index (χ1n) is 7.23. The Morgan fingerprint density at radius 3 is 2.19 bits per heavy atom. The average Bonchev–Trinajstić information content (AvgIpc) is 2.76. The van der Waals surface area contributed by atoms with Gasteiger partial charge < -0.3 is 10.4 Å². The van der Waals surface area contributed by atoms with Gasteiger partial charge in [0.25, 0.3) is 0 Å². The number of hydrogen-bond donors (Lipinski definition) is 2. The minimum atomic E-state index is 0.313. The molecule has 16 heavy (non-hydrogen) atoms. The SMILES string of the molecule is CCCCCCCCC[C@H]1CC[C@@H](CO)N1. The van der Waals surface area contributed by atoms with E-state index in [-0.39, 0.29) is 0 Å². The van der Waals surface area contributed by atoms with E-state index in [1.165, 1.54) is 57.8 Å². The molecule has 0 aromatic carbocycles. The maximum Gasteiger partial charge on any atom is 0.0584 e. The Kier molecular flexibility index (Phi) is 7.87. The zero-order chi connectivity index (χ0) is 11.6. The summed E-state index contributed by atoms with van der Waals surface area (Å²) in [5.41, 5.74) is 0. The van der Waals surface area contributed by atoms with E-state index in [4.69, 9.17) is 5.11 Å². The van der Waals surface area contributed by atoms with Crippen LogP contribution in [0.15, 0.2) is 0 Å². The summed E-state index contributed by atoms with van der Waals surface area (Å²) in [7, 11) is 0. The van der Waals surface area contributed by atoms with Crippen LogP contribution in [0.1, 0.15) is 71.1 Å². The molecule has 0 aromatic rings. The number of nitrogens with one attached hydrogen (secondary N) is 1. The second-order valence-electron chi connectivity index (χ2n) is 5.23. The minimum Gasteiger partial charge on any atom is -0.395 e. The van der Waals surface area contributed by atoms with E-state index in [9.17, 15) is 0 Å². The molecule has 2 heteroatoms. The fourth-order valence-corrected chi connectivity index (χ4v) is 2.62. The molecule has 2 N–H and O–H groups in total. The van der Waals surface area contributed by atoms with Gasteiger partial charge in [0.15, 0.2) is 0 Å². The van der Waals surface area contributed by atoms with Crippen LogP contribution < -0.4 is 5.32 Å². The lowest BCUT2D eigenvalue weighted by molar-refractivity contribution is 0.250. The van der Waals surface area contributed by atoms with Gasteiger partial charge in [-0.2, -0.15) is 0 Å². The van der Waals surface area contributed by atoms with E-state index in [2.05, 4.69) is 12.2 Å². The molecule has 0 unspecified atom stereocenters. The lowest BCUT2D eigenvalue weighted by atomic mass is 10.0. The maximum atomic E-state index is 9.01. The first-order chi connectivity index (χ1) is 7.86.